The van der Waals surface area contributed by atoms with Gasteiger partial charge >= 0.3 is 0 Å². The van der Waals surface area contributed by atoms with Crippen LogP contribution in [-0.4, -0.2) is 0 Å². The van der Waals surface area contributed by atoms with Crippen molar-refractivity contribution >= 4 is 0 Å². The highest BCUT2D eigenvalue weighted by Crippen LogP contribution is 2.81. The van der Waals surface area contributed by atoms with Crippen LogP contribution in [0.2, 0.25) is 0 Å². The molecule has 0 bridgehead atoms. The quantitative estimate of drug-likeness (QED) is 0.305. The minimum atomic E-state index is 1.17. The Bertz CT molecular complexity index is 961. The van der Waals surface area contributed by atoms with Crippen molar-refractivity contribution in [3.63, 3.8) is 0 Å². The lowest BCUT2D eigenvalue weighted by atomic mass is 9.25. The Morgan fingerprint density at radius 2 is 0.526 bits per heavy atom. The zero-order valence-corrected chi connectivity index (χ0v) is 24.0. The summed E-state index contributed by atoms with van der Waals surface area (Å²) in [7, 11) is 0. The summed E-state index contributed by atoms with van der Waals surface area (Å²) in [5, 5.41) is 0. The summed E-state index contributed by atoms with van der Waals surface area (Å²) >= 11 is 0. The zero-order valence-electron chi connectivity index (χ0n) is 24.0. The Labute approximate surface area is 232 Å². The largest absolute Gasteiger partial charge is 0.0527 e. The molecular weight excluding hydrogens is 456 g/mol. The van der Waals surface area contributed by atoms with E-state index >= 15 is 0 Å². The Kier molecular flexibility index (Phi) is 4.07. The molecule has 38 heavy (non-hydrogen) atoms. The summed E-state index contributed by atoms with van der Waals surface area (Å²) in [5.74, 6) is 26.5. The molecule has 0 spiro atoms. The monoisotopic (exact) mass is 510 g/mol. The van der Waals surface area contributed by atoms with E-state index in [2.05, 4.69) is 0 Å². The SMILES string of the molecule is C1CC2CC3CC4CCC5CCC6CCC7CC8CC9CCCC%10C(C1)C2C1C3C2C4C5C6C7C2C8C1C9%10. The van der Waals surface area contributed by atoms with Crippen LogP contribution in [0.4, 0.5) is 0 Å². The van der Waals surface area contributed by atoms with Gasteiger partial charge in [0.05, 0.1) is 0 Å². The van der Waals surface area contributed by atoms with Crippen molar-refractivity contribution in [1.82, 2.24) is 0 Å². The number of fused-ring (bicyclic) bond motifs is 1. The lowest BCUT2D eigenvalue weighted by Crippen LogP contribution is -2.75. The first-order chi connectivity index (χ1) is 18.8. The topological polar surface area (TPSA) is 0 Å². The van der Waals surface area contributed by atoms with Crippen molar-refractivity contribution < 1.29 is 0 Å². The number of hydrogen-bond donors (Lipinski definition) is 0. The van der Waals surface area contributed by atoms with Crippen LogP contribution >= 0.6 is 0 Å². The van der Waals surface area contributed by atoms with Gasteiger partial charge in [-0.05, 0) is 207 Å². The molecule has 0 aromatic heterocycles. The van der Waals surface area contributed by atoms with E-state index in [1.54, 1.807) is 103 Å². The average molecular weight is 511 g/mol. The Balaban J connectivity index is 1.10. The van der Waals surface area contributed by atoms with Gasteiger partial charge in [-0.25, -0.2) is 0 Å². The Morgan fingerprint density at radius 1 is 0.211 bits per heavy atom. The first-order valence-corrected chi connectivity index (χ1v) is 18.8. The molecule has 12 fully saturated rings. The van der Waals surface area contributed by atoms with Crippen molar-refractivity contribution in [3.05, 3.63) is 0 Å². The van der Waals surface area contributed by atoms with Crippen molar-refractivity contribution in [2.45, 2.75) is 103 Å². The molecule has 0 aromatic rings. The van der Waals surface area contributed by atoms with Crippen molar-refractivity contribution in [1.29, 1.82) is 0 Å². The molecule has 12 saturated carbocycles. The van der Waals surface area contributed by atoms with Crippen LogP contribution in [-0.2, 0) is 0 Å². The third kappa shape index (κ3) is 2.28. The molecule has 22 atom stereocenters. The van der Waals surface area contributed by atoms with Crippen LogP contribution in [0.3, 0.4) is 0 Å². The molecule has 12 aliphatic carbocycles. The summed E-state index contributed by atoms with van der Waals surface area (Å²) in [5.41, 5.74) is 0. The third-order valence-electron chi connectivity index (χ3n) is 19.0. The van der Waals surface area contributed by atoms with E-state index in [0.29, 0.717) is 0 Å². The summed E-state index contributed by atoms with van der Waals surface area (Å²) in [6.45, 7) is 0. The molecule has 0 aliphatic heterocycles. The van der Waals surface area contributed by atoms with E-state index in [1.807, 2.05) is 0 Å². The molecular formula is C38H54. The predicted octanol–water partition coefficient (Wildman–Crippen LogP) is 8.95. The van der Waals surface area contributed by atoms with Crippen molar-refractivity contribution in [2.75, 3.05) is 0 Å². The normalized spacial score (nSPS) is 72.6. The van der Waals surface area contributed by atoms with Gasteiger partial charge in [-0.15, -0.1) is 0 Å². The highest BCUT2D eigenvalue weighted by atomic mass is 14.8. The van der Waals surface area contributed by atoms with E-state index in [4.69, 9.17) is 0 Å². The standard InChI is InChI=1S/C38H54/c1-3-19-13-23-15-21-11-9-17-7-8-18-10-12-22-16-24-14-20-4-2-6-26-25(5-1)27(19)35-33(23)37-31(21)29(17)30(18)32(22)38(37)34(24)36(35)28(20)26/h17-38H,1-16H2. The molecule has 0 N–H and O–H groups in total. The van der Waals surface area contributed by atoms with Crippen LogP contribution in [0.1, 0.15) is 103 Å². The van der Waals surface area contributed by atoms with Gasteiger partial charge in [-0.2, -0.15) is 0 Å². The van der Waals surface area contributed by atoms with Gasteiger partial charge in [0.15, 0.2) is 0 Å². The fraction of sp³-hybridized carbons (Fsp3) is 1.00. The Morgan fingerprint density at radius 3 is 0.974 bits per heavy atom. The van der Waals surface area contributed by atoms with E-state index in [1.165, 1.54) is 130 Å². The smallest absolute Gasteiger partial charge is 0.0312 e. The molecule has 0 nitrogen and oxygen atoms in total. The van der Waals surface area contributed by atoms with E-state index in [9.17, 15) is 0 Å². The number of hydrogen-bond acceptors (Lipinski definition) is 0. The van der Waals surface area contributed by atoms with Crippen LogP contribution in [0, 0.1) is 130 Å². The molecule has 22 unspecified atom stereocenters. The van der Waals surface area contributed by atoms with Crippen LogP contribution < -0.4 is 0 Å². The highest BCUT2D eigenvalue weighted by Gasteiger charge is 2.76. The second-order valence-corrected chi connectivity index (χ2v) is 18.9. The maximum Gasteiger partial charge on any atom is -0.0312 e. The lowest BCUT2D eigenvalue weighted by Gasteiger charge is -2.80. The maximum atomic E-state index is 1.73. The minimum Gasteiger partial charge on any atom is -0.0527 e. The van der Waals surface area contributed by atoms with Crippen LogP contribution in [0.15, 0.2) is 0 Å². The summed E-state index contributed by atoms with van der Waals surface area (Å²) in [4.78, 5) is 0. The first kappa shape index (κ1) is 21.7. The molecule has 12 aliphatic rings. The minimum absolute atomic E-state index is 1.17. The van der Waals surface area contributed by atoms with Gasteiger partial charge in [-0.3, -0.25) is 0 Å². The van der Waals surface area contributed by atoms with Gasteiger partial charge < -0.3 is 0 Å². The van der Waals surface area contributed by atoms with Gasteiger partial charge in [0.25, 0.3) is 0 Å². The van der Waals surface area contributed by atoms with Crippen LogP contribution in [0.5, 0.6) is 0 Å². The summed E-state index contributed by atoms with van der Waals surface area (Å²) < 4.78 is 0. The Hall–Kier alpha value is 0. The molecule has 0 radical (unpaired) electrons. The molecule has 0 heteroatoms. The molecule has 0 saturated heterocycles. The molecule has 0 aromatic carbocycles. The fourth-order valence-electron chi connectivity index (χ4n) is 19.5. The average Bonchev–Trinajstić information content (AvgIpc) is 2.96. The fourth-order valence-corrected chi connectivity index (χ4v) is 19.5. The highest BCUT2D eigenvalue weighted by molar-refractivity contribution is 5.24. The number of rotatable bonds is 0. The molecule has 0 amide bonds. The first-order valence-electron chi connectivity index (χ1n) is 18.8. The third-order valence-corrected chi connectivity index (χ3v) is 19.0. The van der Waals surface area contributed by atoms with E-state index in [-0.39, 0.29) is 0 Å². The van der Waals surface area contributed by atoms with Gasteiger partial charge in [-0.1, -0.05) is 25.7 Å². The second kappa shape index (κ2) is 7.13. The lowest BCUT2D eigenvalue weighted by molar-refractivity contribution is -0.324. The van der Waals surface area contributed by atoms with Crippen molar-refractivity contribution in [2.24, 2.45) is 130 Å². The van der Waals surface area contributed by atoms with Crippen molar-refractivity contribution in [3.8, 4) is 0 Å². The van der Waals surface area contributed by atoms with E-state index < -0.39 is 0 Å². The summed E-state index contributed by atoms with van der Waals surface area (Å²) in [6, 6.07) is 0. The summed E-state index contributed by atoms with van der Waals surface area (Å²) in [6.07, 6.45) is 26.8. The molecule has 0 heterocycles. The predicted molar refractivity (Wildman–Crippen MR) is 151 cm³/mol. The molecule has 206 valence electrons. The zero-order chi connectivity index (χ0) is 24.0. The maximum absolute atomic E-state index is 1.73. The van der Waals surface area contributed by atoms with Crippen LogP contribution in [0.25, 0.3) is 0 Å². The second-order valence-electron chi connectivity index (χ2n) is 18.9. The molecule has 12 rings (SSSR count). The van der Waals surface area contributed by atoms with Gasteiger partial charge in [0.1, 0.15) is 0 Å². The van der Waals surface area contributed by atoms with Gasteiger partial charge in [0, 0.05) is 0 Å². The van der Waals surface area contributed by atoms with Gasteiger partial charge in [0.2, 0.25) is 0 Å². The van der Waals surface area contributed by atoms with E-state index in [0.717, 1.165) is 0 Å².